The number of methoxy groups -OCH3 is 2. The van der Waals surface area contributed by atoms with Crippen LogP contribution in [0.1, 0.15) is 12.5 Å². The highest BCUT2D eigenvalue weighted by molar-refractivity contribution is 5.80. The lowest BCUT2D eigenvalue weighted by atomic mass is 10.0. The summed E-state index contributed by atoms with van der Waals surface area (Å²) in [4.78, 5) is 11.4. The molecule has 0 unspecified atom stereocenters. The molecule has 1 atom stereocenters. The molecule has 0 saturated carbocycles. The lowest BCUT2D eigenvalue weighted by Crippen LogP contribution is -2.51. The molecule has 0 spiro atoms. The number of hydrogen-bond donors (Lipinski definition) is 1. The van der Waals surface area contributed by atoms with Gasteiger partial charge in [-0.1, -0.05) is 12.1 Å². The number of benzene rings is 1. The minimum atomic E-state index is -1.31. The maximum atomic E-state index is 12.9. The molecule has 1 aromatic carbocycles. The summed E-state index contributed by atoms with van der Waals surface area (Å²) < 4.78 is 22.5. The molecule has 5 heteroatoms. The van der Waals surface area contributed by atoms with Gasteiger partial charge in [0, 0.05) is 6.54 Å². The van der Waals surface area contributed by atoms with Gasteiger partial charge in [-0.2, -0.15) is 0 Å². The number of carbonyl (C=O) groups is 1. The van der Waals surface area contributed by atoms with Crippen molar-refractivity contribution < 1.29 is 18.7 Å². The van der Waals surface area contributed by atoms with E-state index in [1.165, 1.54) is 14.0 Å². The zero-order chi connectivity index (χ0) is 13.6. The quantitative estimate of drug-likeness (QED) is 0.786. The second-order valence-corrected chi connectivity index (χ2v) is 4.16. The topological polar surface area (TPSA) is 47.6 Å². The molecule has 0 amide bonds. The van der Waals surface area contributed by atoms with Crippen LogP contribution in [0.15, 0.2) is 24.3 Å². The van der Waals surface area contributed by atoms with Crippen LogP contribution in [-0.4, -0.2) is 32.4 Å². The van der Waals surface area contributed by atoms with Gasteiger partial charge in [0.2, 0.25) is 0 Å². The Balaban J connectivity index is 2.64. The summed E-state index contributed by atoms with van der Waals surface area (Å²) in [7, 11) is 2.83. The maximum absolute atomic E-state index is 12.9. The molecule has 0 bridgehead atoms. The van der Waals surface area contributed by atoms with Gasteiger partial charge in [-0.25, -0.2) is 9.18 Å². The zero-order valence-corrected chi connectivity index (χ0v) is 10.8. The van der Waals surface area contributed by atoms with Crippen LogP contribution in [0.3, 0.4) is 0 Å². The van der Waals surface area contributed by atoms with Crippen LogP contribution >= 0.6 is 0 Å². The fraction of sp³-hybridized carbons (Fsp3) is 0.462. The van der Waals surface area contributed by atoms with Crippen molar-refractivity contribution in [1.29, 1.82) is 0 Å². The fourth-order valence-electron chi connectivity index (χ4n) is 1.44. The average molecular weight is 255 g/mol. The van der Waals surface area contributed by atoms with E-state index in [1.807, 2.05) is 24.3 Å². The first kappa shape index (κ1) is 14.4. The number of nitrogens with one attached hydrogen (secondary N) is 1. The van der Waals surface area contributed by atoms with Gasteiger partial charge in [0.25, 0.3) is 0 Å². The van der Waals surface area contributed by atoms with E-state index in [-0.39, 0.29) is 0 Å². The molecular weight excluding hydrogens is 237 g/mol. The average Bonchev–Trinajstić information content (AvgIpc) is 2.44. The molecule has 0 aliphatic carbocycles. The van der Waals surface area contributed by atoms with E-state index in [4.69, 9.17) is 4.74 Å². The first-order chi connectivity index (χ1) is 8.55. The van der Waals surface area contributed by atoms with Crippen LogP contribution < -0.4 is 10.1 Å². The van der Waals surface area contributed by atoms with Crippen molar-refractivity contribution in [2.45, 2.75) is 19.0 Å². The van der Waals surface area contributed by atoms with E-state index in [0.29, 0.717) is 6.54 Å². The smallest absolute Gasteiger partial charge is 0.328 e. The number of carbonyl (C=O) groups excluding carboxylic acids is 1. The van der Waals surface area contributed by atoms with E-state index in [9.17, 15) is 9.18 Å². The van der Waals surface area contributed by atoms with E-state index >= 15 is 0 Å². The normalized spacial score (nSPS) is 13.8. The monoisotopic (exact) mass is 255 g/mol. The second kappa shape index (κ2) is 6.35. The van der Waals surface area contributed by atoms with Crippen molar-refractivity contribution in [2.24, 2.45) is 0 Å². The van der Waals surface area contributed by atoms with Gasteiger partial charge >= 0.3 is 5.97 Å². The first-order valence-electron chi connectivity index (χ1n) is 5.58. The molecule has 100 valence electrons. The Bertz CT molecular complexity index is 394. The van der Waals surface area contributed by atoms with Crippen LogP contribution in [0, 0.1) is 0 Å². The number of esters is 1. The zero-order valence-electron chi connectivity index (χ0n) is 10.8. The largest absolute Gasteiger partial charge is 0.497 e. The Hall–Kier alpha value is -1.62. The van der Waals surface area contributed by atoms with Crippen LogP contribution in [0.5, 0.6) is 5.75 Å². The third-order valence-corrected chi connectivity index (χ3v) is 2.74. The molecule has 0 radical (unpaired) electrons. The number of rotatable bonds is 6. The summed E-state index contributed by atoms with van der Waals surface area (Å²) in [6, 6.07) is 7.31. The van der Waals surface area contributed by atoms with Gasteiger partial charge in [0.15, 0.2) is 0 Å². The number of ether oxygens (including phenoxy) is 2. The van der Waals surface area contributed by atoms with E-state index in [1.54, 1.807) is 7.11 Å². The number of hydrogen-bond acceptors (Lipinski definition) is 4. The highest BCUT2D eigenvalue weighted by Gasteiger charge is 2.33. The van der Waals surface area contributed by atoms with Crippen molar-refractivity contribution in [2.75, 3.05) is 20.9 Å². The first-order valence-corrected chi connectivity index (χ1v) is 5.58. The fourth-order valence-corrected chi connectivity index (χ4v) is 1.44. The van der Waals surface area contributed by atoms with Gasteiger partial charge < -0.3 is 9.47 Å². The Morgan fingerprint density at radius 2 is 1.94 bits per heavy atom. The second-order valence-electron chi connectivity index (χ2n) is 4.16. The van der Waals surface area contributed by atoms with Crippen molar-refractivity contribution in [3.05, 3.63) is 29.8 Å². The van der Waals surface area contributed by atoms with Crippen LogP contribution in [-0.2, 0) is 16.1 Å². The van der Waals surface area contributed by atoms with Gasteiger partial charge in [0.1, 0.15) is 18.0 Å². The molecule has 0 heterocycles. The standard InChI is InChI=1S/C13H18FNO3/c1-13(9-14,12(16)18-3)15-8-10-4-6-11(17-2)7-5-10/h4-7,15H,8-9H2,1-3H3/t13-/m0/s1. The Morgan fingerprint density at radius 3 is 2.39 bits per heavy atom. The van der Waals surface area contributed by atoms with Crippen molar-refractivity contribution in [3.63, 3.8) is 0 Å². The minimum absolute atomic E-state index is 0.375. The summed E-state index contributed by atoms with van der Waals surface area (Å²) in [5.41, 5.74) is -0.381. The molecule has 0 aliphatic heterocycles. The molecule has 0 aromatic heterocycles. The third-order valence-electron chi connectivity index (χ3n) is 2.74. The van der Waals surface area contributed by atoms with Gasteiger partial charge in [-0.05, 0) is 24.6 Å². The molecule has 0 fully saturated rings. The Morgan fingerprint density at radius 1 is 1.33 bits per heavy atom. The third kappa shape index (κ3) is 3.43. The highest BCUT2D eigenvalue weighted by Crippen LogP contribution is 2.13. The predicted molar refractivity (Wildman–Crippen MR) is 66.2 cm³/mol. The minimum Gasteiger partial charge on any atom is -0.497 e. The molecule has 0 saturated heterocycles. The van der Waals surface area contributed by atoms with Crippen LogP contribution in [0.2, 0.25) is 0 Å². The SMILES string of the molecule is COC(=O)[C@](C)(CF)NCc1ccc(OC)cc1. The molecule has 4 nitrogen and oxygen atoms in total. The summed E-state index contributed by atoms with van der Waals surface area (Å²) in [5, 5.41) is 2.86. The van der Waals surface area contributed by atoms with E-state index in [0.717, 1.165) is 11.3 Å². The van der Waals surface area contributed by atoms with Crippen molar-refractivity contribution in [1.82, 2.24) is 5.32 Å². The van der Waals surface area contributed by atoms with Gasteiger partial charge in [-0.3, -0.25) is 5.32 Å². The number of alkyl halides is 1. The summed E-state index contributed by atoms with van der Waals surface area (Å²) in [5.74, 6) is 0.137. The molecular formula is C13H18FNO3. The Kier molecular flexibility index (Phi) is 5.09. The van der Waals surface area contributed by atoms with Crippen molar-refractivity contribution in [3.8, 4) is 5.75 Å². The molecule has 1 rings (SSSR count). The van der Waals surface area contributed by atoms with Crippen molar-refractivity contribution >= 4 is 5.97 Å². The Labute approximate surface area is 106 Å². The van der Waals surface area contributed by atoms with E-state index in [2.05, 4.69) is 10.1 Å². The van der Waals surface area contributed by atoms with Crippen LogP contribution in [0.4, 0.5) is 4.39 Å². The predicted octanol–water partition coefficient (Wildman–Crippen LogP) is 1.69. The molecule has 0 aliphatic rings. The van der Waals surface area contributed by atoms with Gasteiger partial charge in [-0.15, -0.1) is 0 Å². The number of halogens is 1. The summed E-state index contributed by atoms with van der Waals surface area (Å²) in [6.45, 7) is 1.03. The molecule has 18 heavy (non-hydrogen) atoms. The highest BCUT2D eigenvalue weighted by atomic mass is 19.1. The van der Waals surface area contributed by atoms with Gasteiger partial charge in [0.05, 0.1) is 14.2 Å². The van der Waals surface area contributed by atoms with E-state index < -0.39 is 18.2 Å². The summed E-state index contributed by atoms with van der Waals surface area (Å²) >= 11 is 0. The molecule has 1 N–H and O–H groups in total. The van der Waals surface area contributed by atoms with Crippen LogP contribution in [0.25, 0.3) is 0 Å². The molecule has 1 aromatic rings. The lowest BCUT2D eigenvalue weighted by Gasteiger charge is -2.24. The maximum Gasteiger partial charge on any atom is 0.328 e. The lowest BCUT2D eigenvalue weighted by molar-refractivity contribution is -0.148. The summed E-state index contributed by atoms with van der Waals surface area (Å²) in [6.07, 6.45) is 0.